The highest BCUT2D eigenvalue weighted by Crippen LogP contribution is 2.26. The molecule has 154 valence electrons. The van der Waals surface area contributed by atoms with Crippen molar-refractivity contribution in [2.45, 2.75) is 32.7 Å². The first-order valence-electron chi connectivity index (χ1n) is 10.8. The summed E-state index contributed by atoms with van der Waals surface area (Å²) in [7, 11) is 0. The number of aromatic nitrogens is 1. The summed E-state index contributed by atoms with van der Waals surface area (Å²) in [6, 6.07) is 20.8. The summed E-state index contributed by atoms with van der Waals surface area (Å²) in [6.07, 6.45) is 7.00. The lowest BCUT2D eigenvalue weighted by Crippen LogP contribution is -2.34. The van der Waals surface area contributed by atoms with E-state index in [1.165, 1.54) is 24.0 Å². The zero-order chi connectivity index (χ0) is 20.8. The molecule has 4 rings (SSSR count). The third kappa shape index (κ3) is 5.07. The first kappa shape index (κ1) is 20.1. The third-order valence-corrected chi connectivity index (χ3v) is 6.03. The molecule has 4 heteroatoms. The third-order valence-electron chi connectivity index (χ3n) is 6.03. The lowest BCUT2D eigenvalue weighted by atomic mass is 9.90. The van der Waals surface area contributed by atoms with Crippen LogP contribution in [0.15, 0.2) is 73.1 Å². The highest BCUT2D eigenvalue weighted by atomic mass is 16.1. The molecule has 30 heavy (non-hydrogen) atoms. The molecule has 0 atom stereocenters. The minimum absolute atomic E-state index is 0.0773. The molecule has 0 spiro atoms. The molecule has 0 unspecified atom stereocenters. The van der Waals surface area contributed by atoms with Crippen molar-refractivity contribution in [2.75, 3.05) is 18.0 Å². The van der Waals surface area contributed by atoms with E-state index in [0.717, 1.165) is 36.7 Å². The van der Waals surface area contributed by atoms with Gasteiger partial charge in [0.2, 0.25) is 0 Å². The molecule has 0 radical (unpaired) electrons. The molecular formula is C26H29N3O. The van der Waals surface area contributed by atoms with Gasteiger partial charge in [0.15, 0.2) is 0 Å². The average molecular weight is 400 g/mol. The Morgan fingerprint density at radius 3 is 2.53 bits per heavy atom. The van der Waals surface area contributed by atoms with Gasteiger partial charge in [-0.05, 0) is 54.9 Å². The second-order valence-electron chi connectivity index (χ2n) is 8.16. The number of nitrogens with one attached hydrogen (secondary N) is 1. The van der Waals surface area contributed by atoms with Crippen molar-refractivity contribution in [2.24, 2.45) is 5.92 Å². The van der Waals surface area contributed by atoms with Crippen molar-refractivity contribution in [3.05, 3.63) is 95.3 Å². The molecular weight excluding hydrogens is 370 g/mol. The normalized spacial score (nSPS) is 14.5. The van der Waals surface area contributed by atoms with E-state index in [-0.39, 0.29) is 5.91 Å². The summed E-state index contributed by atoms with van der Waals surface area (Å²) in [5.41, 5.74) is 5.40. The van der Waals surface area contributed by atoms with E-state index in [0.29, 0.717) is 12.1 Å². The van der Waals surface area contributed by atoms with Crippen molar-refractivity contribution in [1.29, 1.82) is 0 Å². The Labute approximate surface area is 179 Å². The van der Waals surface area contributed by atoms with Gasteiger partial charge in [-0.25, -0.2) is 0 Å². The van der Waals surface area contributed by atoms with Gasteiger partial charge in [-0.1, -0.05) is 54.6 Å². The Morgan fingerprint density at radius 2 is 1.77 bits per heavy atom. The van der Waals surface area contributed by atoms with Crippen LogP contribution in [0.25, 0.3) is 0 Å². The van der Waals surface area contributed by atoms with Gasteiger partial charge in [0, 0.05) is 25.8 Å². The topological polar surface area (TPSA) is 45.2 Å². The Balaban J connectivity index is 1.33. The number of aryl methyl sites for hydroxylation is 1. The maximum Gasteiger partial charge on any atom is 0.253 e. The molecule has 1 aliphatic rings. The Bertz CT molecular complexity index is 978. The van der Waals surface area contributed by atoms with Crippen LogP contribution in [0, 0.1) is 12.8 Å². The first-order chi connectivity index (χ1) is 14.7. The number of benzene rings is 2. The fourth-order valence-corrected chi connectivity index (χ4v) is 4.15. The van der Waals surface area contributed by atoms with E-state index in [1.54, 1.807) is 6.20 Å². The molecule has 2 aromatic carbocycles. The van der Waals surface area contributed by atoms with E-state index in [2.05, 4.69) is 58.5 Å². The number of anilines is 1. The van der Waals surface area contributed by atoms with Gasteiger partial charge < -0.3 is 10.2 Å². The summed E-state index contributed by atoms with van der Waals surface area (Å²) in [5.74, 6) is 0.642. The Hall–Kier alpha value is -3.14. The molecule has 1 saturated heterocycles. The summed E-state index contributed by atoms with van der Waals surface area (Å²) < 4.78 is 0. The van der Waals surface area contributed by atoms with Crippen molar-refractivity contribution in [3.8, 4) is 0 Å². The fourth-order valence-electron chi connectivity index (χ4n) is 4.15. The van der Waals surface area contributed by atoms with E-state index in [9.17, 15) is 4.79 Å². The minimum Gasteiger partial charge on any atom is -0.370 e. The zero-order valence-corrected chi connectivity index (χ0v) is 17.6. The van der Waals surface area contributed by atoms with Crippen LogP contribution in [0.5, 0.6) is 0 Å². The number of amides is 1. The van der Waals surface area contributed by atoms with Crippen LogP contribution in [0.2, 0.25) is 0 Å². The number of nitrogens with zero attached hydrogens (tertiary/aromatic N) is 2. The van der Waals surface area contributed by atoms with Gasteiger partial charge in [-0.15, -0.1) is 0 Å². The van der Waals surface area contributed by atoms with Crippen LogP contribution in [-0.2, 0) is 13.0 Å². The van der Waals surface area contributed by atoms with Crippen LogP contribution in [-0.4, -0.2) is 24.0 Å². The average Bonchev–Trinajstić information content (AvgIpc) is 2.80. The number of piperidine rings is 1. The van der Waals surface area contributed by atoms with E-state index < -0.39 is 0 Å². The molecule has 2 heterocycles. The van der Waals surface area contributed by atoms with Crippen molar-refractivity contribution >= 4 is 11.6 Å². The summed E-state index contributed by atoms with van der Waals surface area (Å²) in [5, 5.41) is 3.02. The Kier molecular flexibility index (Phi) is 6.43. The molecule has 0 aliphatic carbocycles. The van der Waals surface area contributed by atoms with Gasteiger partial charge in [-0.2, -0.15) is 0 Å². The molecule has 1 N–H and O–H groups in total. The molecule has 0 saturated carbocycles. The van der Waals surface area contributed by atoms with Gasteiger partial charge >= 0.3 is 0 Å². The van der Waals surface area contributed by atoms with E-state index in [1.807, 2.05) is 30.5 Å². The number of carbonyl (C=O) groups is 1. The molecule has 3 aromatic rings. The molecule has 1 aliphatic heterocycles. The van der Waals surface area contributed by atoms with Gasteiger partial charge in [-0.3, -0.25) is 9.78 Å². The van der Waals surface area contributed by atoms with Gasteiger partial charge in [0.1, 0.15) is 0 Å². The lowest BCUT2D eigenvalue weighted by molar-refractivity contribution is 0.0950. The minimum atomic E-state index is -0.0773. The number of carbonyl (C=O) groups excluding carboxylic acids is 1. The largest absolute Gasteiger partial charge is 0.370 e. The van der Waals surface area contributed by atoms with Gasteiger partial charge in [0.25, 0.3) is 5.91 Å². The SMILES string of the molecule is Cc1ccccc1CNC(=O)c1cncc(N2CCC(Cc3ccccc3)CC2)c1. The van der Waals surface area contributed by atoms with Crippen molar-refractivity contribution in [3.63, 3.8) is 0 Å². The second-order valence-corrected chi connectivity index (χ2v) is 8.16. The molecule has 0 bridgehead atoms. The standard InChI is InChI=1S/C26H29N3O/c1-20-7-5-6-10-23(20)18-28-26(30)24-16-25(19-27-17-24)29-13-11-22(12-14-29)15-21-8-3-2-4-9-21/h2-10,16-17,19,22H,11-15,18H2,1H3,(H,28,30). The van der Waals surface area contributed by atoms with Crippen LogP contribution in [0.1, 0.15) is 39.9 Å². The first-order valence-corrected chi connectivity index (χ1v) is 10.8. The molecule has 1 fully saturated rings. The van der Waals surface area contributed by atoms with Gasteiger partial charge in [0.05, 0.1) is 17.4 Å². The second kappa shape index (κ2) is 9.57. The van der Waals surface area contributed by atoms with Crippen LogP contribution in [0.3, 0.4) is 0 Å². The fraction of sp³-hybridized carbons (Fsp3) is 0.308. The smallest absolute Gasteiger partial charge is 0.253 e. The van der Waals surface area contributed by atoms with Crippen LogP contribution >= 0.6 is 0 Å². The zero-order valence-electron chi connectivity index (χ0n) is 17.6. The number of pyridine rings is 1. The van der Waals surface area contributed by atoms with Crippen LogP contribution < -0.4 is 10.2 Å². The maximum atomic E-state index is 12.6. The predicted octanol–water partition coefficient (Wildman–Crippen LogP) is 4.78. The number of hydrogen-bond acceptors (Lipinski definition) is 3. The number of hydrogen-bond donors (Lipinski definition) is 1. The van der Waals surface area contributed by atoms with E-state index >= 15 is 0 Å². The molecule has 4 nitrogen and oxygen atoms in total. The lowest BCUT2D eigenvalue weighted by Gasteiger charge is -2.33. The van der Waals surface area contributed by atoms with Crippen molar-refractivity contribution in [1.82, 2.24) is 10.3 Å². The Morgan fingerprint density at radius 1 is 1.03 bits per heavy atom. The summed E-state index contributed by atoms with van der Waals surface area (Å²) in [4.78, 5) is 19.3. The molecule has 1 amide bonds. The number of rotatable bonds is 6. The quantitative estimate of drug-likeness (QED) is 0.649. The summed E-state index contributed by atoms with van der Waals surface area (Å²) >= 11 is 0. The van der Waals surface area contributed by atoms with Crippen LogP contribution in [0.4, 0.5) is 5.69 Å². The van der Waals surface area contributed by atoms with Crippen molar-refractivity contribution < 1.29 is 4.79 Å². The highest BCUT2D eigenvalue weighted by molar-refractivity contribution is 5.94. The predicted molar refractivity (Wildman–Crippen MR) is 122 cm³/mol. The summed E-state index contributed by atoms with van der Waals surface area (Å²) in [6.45, 7) is 4.60. The maximum absolute atomic E-state index is 12.6. The monoisotopic (exact) mass is 399 g/mol. The molecule has 1 aromatic heterocycles. The highest BCUT2D eigenvalue weighted by Gasteiger charge is 2.20. The van der Waals surface area contributed by atoms with E-state index in [4.69, 9.17) is 0 Å².